The number of aliphatic hydroxyl groups excluding tert-OH is 1. The van der Waals surface area contributed by atoms with E-state index < -0.39 is 17.7 Å². The van der Waals surface area contributed by atoms with Crippen LogP contribution < -0.4 is 0 Å². The van der Waals surface area contributed by atoms with E-state index in [2.05, 4.69) is 6.58 Å². The van der Waals surface area contributed by atoms with Gasteiger partial charge in [-0.2, -0.15) is 0 Å². The topological polar surface area (TPSA) is 20.2 Å². The molecule has 1 nitrogen and oxygen atoms in total. The summed E-state index contributed by atoms with van der Waals surface area (Å²) in [5.74, 6) is -1.32. The summed E-state index contributed by atoms with van der Waals surface area (Å²) in [6.07, 6.45) is 0.789. The van der Waals surface area contributed by atoms with Crippen LogP contribution >= 0.6 is 0 Å². The molecule has 0 heterocycles. The Hall–Kier alpha value is -1.22. The number of hydrogen-bond acceptors (Lipinski definition) is 1. The average molecular weight is 198 g/mol. The van der Waals surface area contributed by atoms with E-state index in [-0.39, 0.29) is 12.0 Å². The molecule has 0 saturated heterocycles. The highest BCUT2D eigenvalue weighted by Gasteiger charge is 2.13. The molecule has 1 atom stereocenters. The van der Waals surface area contributed by atoms with Gasteiger partial charge in [-0.05, 0) is 25.0 Å². The molecule has 0 aliphatic heterocycles. The normalized spacial score (nSPS) is 12.6. The Morgan fingerprint density at radius 3 is 2.64 bits per heavy atom. The molecular formula is C11H12F2O. The molecule has 3 heteroatoms. The first kappa shape index (κ1) is 10.9. The van der Waals surface area contributed by atoms with Crippen LogP contribution in [0.1, 0.15) is 23.7 Å². The largest absolute Gasteiger partial charge is 0.388 e. The number of aliphatic hydroxyl groups is 1. The average Bonchev–Trinajstić information content (AvgIpc) is 2.11. The SMILES string of the molecule is C=CCC(O)c1cc(C)c(F)cc1F. The third-order valence-corrected chi connectivity index (χ3v) is 2.03. The Morgan fingerprint density at radius 2 is 2.07 bits per heavy atom. The predicted molar refractivity (Wildman–Crippen MR) is 50.9 cm³/mol. The lowest BCUT2D eigenvalue weighted by atomic mass is 10.0. The summed E-state index contributed by atoms with van der Waals surface area (Å²) in [4.78, 5) is 0. The van der Waals surface area contributed by atoms with Crippen molar-refractivity contribution in [1.29, 1.82) is 0 Å². The van der Waals surface area contributed by atoms with E-state index in [1.165, 1.54) is 19.1 Å². The van der Waals surface area contributed by atoms with E-state index >= 15 is 0 Å². The molecule has 0 aliphatic carbocycles. The van der Waals surface area contributed by atoms with Gasteiger partial charge in [0, 0.05) is 11.6 Å². The fourth-order valence-electron chi connectivity index (χ4n) is 1.22. The van der Waals surface area contributed by atoms with E-state index in [9.17, 15) is 13.9 Å². The molecule has 0 spiro atoms. The number of aryl methyl sites for hydroxylation is 1. The van der Waals surface area contributed by atoms with Crippen LogP contribution in [0.2, 0.25) is 0 Å². The van der Waals surface area contributed by atoms with Crippen molar-refractivity contribution in [3.8, 4) is 0 Å². The van der Waals surface area contributed by atoms with E-state index in [1.807, 2.05) is 0 Å². The maximum absolute atomic E-state index is 13.2. The zero-order chi connectivity index (χ0) is 10.7. The first-order valence-electron chi connectivity index (χ1n) is 4.30. The standard InChI is InChI=1S/C11H12F2O/c1-3-4-11(14)8-5-7(2)9(12)6-10(8)13/h3,5-6,11,14H,1,4H2,2H3. The molecule has 0 radical (unpaired) electrons. The van der Waals surface area contributed by atoms with Crippen molar-refractivity contribution in [1.82, 2.24) is 0 Å². The van der Waals surface area contributed by atoms with Crippen molar-refractivity contribution in [2.24, 2.45) is 0 Å². The monoisotopic (exact) mass is 198 g/mol. The smallest absolute Gasteiger partial charge is 0.131 e. The predicted octanol–water partition coefficient (Wildman–Crippen LogP) is 2.88. The molecule has 1 unspecified atom stereocenters. The van der Waals surface area contributed by atoms with Crippen LogP contribution in [-0.4, -0.2) is 5.11 Å². The first-order chi connectivity index (χ1) is 6.56. The molecule has 1 aromatic carbocycles. The lowest BCUT2D eigenvalue weighted by molar-refractivity contribution is 0.176. The number of halogens is 2. The Labute approximate surface area is 81.7 Å². The Kier molecular flexibility index (Phi) is 3.36. The maximum atomic E-state index is 13.2. The second-order valence-electron chi connectivity index (χ2n) is 3.16. The van der Waals surface area contributed by atoms with E-state index in [0.29, 0.717) is 5.56 Å². The van der Waals surface area contributed by atoms with Crippen molar-refractivity contribution < 1.29 is 13.9 Å². The summed E-state index contributed by atoms with van der Waals surface area (Å²) in [7, 11) is 0. The summed E-state index contributed by atoms with van der Waals surface area (Å²) < 4.78 is 26.0. The summed E-state index contributed by atoms with van der Waals surface area (Å²) >= 11 is 0. The highest BCUT2D eigenvalue weighted by Crippen LogP contribution is 2.23. The molecule has 1 rings (SSSR count). The fourth-order valence-corrected chi connectivity index (χ4v) is 1.22. The van der Waals surface area contributed by atoms with Gasteiger partial charge in [-0.3, -0.25) is 0 Å². The van der Waals surface area contributed by atoms with Gasteiger partial charge in [0.25, 0.3) is 0 Å². The second-order valence-corrected chi connectivity index (χ2v) is 3.16. The Morgan fingerprint density at radius 1 is 1.43 bits per heavy atom. The van der Waals surface area contributed by atoms with Gasteiger partial charge in [0.15, 0.2) is 0 Å². The summed E-state index contributed by atoms with van der Waals surface area (Å²) in [6.45, 7) is 4.97. The molecular weight excluding hydrogens is 186 g/mol. The van der Waals surface area contributed by atoms with E-state index in [1.54, 1.807) is 0 Å². The highest BCUT2D eigenvalue weighted by atomic mass is 19.1. The van der Waals surface area contributed by atoms with Crippen LogP contribution in [0.4, 0.5) is 8.78 Å². The van der Waals surface area contributed by atoms with Crippen molar-refractivity contribution >= 4 is 0 Å². The van der Waals surface area contributed by atoms with Gasteiger partial charge in [-0.25, -0.2) is 8.78 Å². The molecule has 14 heavy (non-hydrogen) atoms. The summed E-state index contributed by atoms with van der Waals surface area (Å²) in [5.41, 5.74) is 0.438. The highest BCUT2D eigenvalue weighted by molar-refractivity contribution is 5.27. The first-order valence-corrected chi connectivity index (χ1v) is 4.30. The lowest BCUT2D eigenvalue weighted by Crippen LogP contribution is -2.01. The van der Waals surface area contributed by atoms with Gasteiger partial charge in [0.2, 0.25) is 0 Å². The molecule has 1 aromatic rings. The van der Waals surface area contributed by atoms with E-state index in [0.717, 1.165) is 6.07 Å². The molecule has 0 aliphatic rings. The molecule has 0 amide bonds. The third-order valence-electron chi connectivity index (χ3n) is 2.03. The minimum atomic E-state index is -0.952. The number of benzene rings is 1. The molecule has 0 fully saturated rings. The van der Waals surface area contributed by atoms with Crippen LogP contribution in [0.25, 0.3) is 0 Å². The van der Waals surface area contributed by atoms with Crippen molar-refractivity contribution in [2.75, 3.05) is 0 Å². The molecule has 0 saturated carbocycles. The Balaban J connectivity index is 3.08. The quantitative estimate of drug-likeness (QED) is 0.740. The van der Waals surface area contributed by atoms with Gasteiger partial charge in [0.1, 0.15) is 11.6 Å². The molecule has 0 bridgehead atoms. The fraction of sp³-hybridized carbons (Fsp3) is 0.273. The molecule has 0 aromatic heterocycles. The summed E-state index contributed by atoms with van der Waals surface area (Å²) in [5, 5.41) is 9.48. The van der Waals surface area contributed by atoms with Gasteiger partial charge < -0.3 is 5.11 Å². The lowest BCUT2D eigenvalue weighted by Gasteiger charge is -2.10. The van der Waals surface area contributed by atoms with Crippen molar-refractivity contribution in [2.45, 2.75) is 19.4 Å². The van der Waals surface area contributed by atoms with Crippen LogP contribution in [0.5, 0.6) is 0 Å². The van der Waals surface area contributed by atoms with Crippen molar-refractivity contribution in [3.63, 3.8) is 0 Å². The van der Waals surface area contributed by atoms with Crippen LogP contribution in [0.3, 0.4) is 0 Å². The van der Waals surface area contributed by atoms with Crippen molar-refractivity contribution in [3.05, 3.63) is 47.5 Å². The Bertz CT molecular complexity index is 347. The zero-order valence-corrected chi connectivity index (χ0v) is 7.93. The molecule has 1 N–H and O–H groups in total. The zero-order valence-electron chi connectivity index (χ0n) is 7.93. The summed E-state index contributed by atoms with van der Waals surface area (Å²) in [6, 6.07) is 2.11. The second kappa shape index (κ2) is 4.33. The van der Waals surface area contributed by atoms with Crippen LogP contribution in [-0.2, 0) is 0 Å². The third kappa shape index (κ3) is 2.17. The van der Waals surface area contributed by atoms with Crippen LogP contribution in [0.15, 0.2) is 24.8 Å². The minimum absolute atomic E-state index is 0.115. The number of rotatable bonds is 3. The van der Waals surface area contributed by atoms with Crippen LogP contribution in [0, 0.1) is 18.6 Å². The number of hydrogen-bond donors (Lipinski definition) is 1. The van der Waals surface area contributed by atoms with E-state index in [4.69, 9.17) is 0 Å². The maximum Gasteiger partial charge on any atom is 0.131 e. The minimum Gasteiger partial charge on any atom is -0.388 e. The molecule has 76 valence electrons. The van der Waals surface area contributed by atoms with Gasteiger partial charge in [-0.15, -0.1) is 6.58 Å². The van der Waals surface area contributed by atoms with Gasteiger partial charge in [0.05, 0.1) is 6.10 Å². The van der Waals surface area contributed by atoms with Gasteiger partial charge >= 0.3 is 0 Å². The van der Waals surface area contributed by atoms with Gasteiger partial charge in [-0.1, -0.05) is 6.08 Å².